The summed E-state index contributed by atoms with van der Waals surface area (Å²) < 4.78 is 0. The molecule has 0 fully saturated rings. The average Bonchev–Trinajstić information content (AvgIpc) is 2.55. The second-order valence-electron chi connectivity index (χ2n) is 5.02. The lowest BCUT2D eigenvalue weighted by molar-refractivity contribution is 0.0935. The van der Waals surface area contributed by atoms with Gasteiger partial charge in [-0.25, -0.2) is 0 Å². The van der Waals surface area contributed by atoms with Crippen molar-refractivity contribution in [2.24, 2.45) is 0 Å². The Morgan fingerprint density at radius 1 is 1.00 bits per heavy atom. The van der Waals surface area contributed by atoms with Crippen LogP contribution >= 0.6 is 0 Å². The van der Waals surface area contributed by atoms with Crippen molar-refractivity contribution >= 4 is 16.7 Å². The van der Waals surface area contributed by atoms with E-state index in [1.807, 2.05) is 31.2 Å². The molecule has 0 unspecified atom stereocenters. The Bertz CT molecular complexity index is 768. The first-order valence-electron chi connectivity index (χ1n) is 6.94. The summed E-state index contributed by atoms with van der Waals surface area (Å²) in [5.74, 6) is -0.156. The lowest BCUT2D eigenvalue weighted by atomic mass is 10.0. The summed E-state index contributed by atoms with van der Waals surface area (Å²) in [5, 5.41) is 5.35. The Morgan fingerprint density at radius 3 is 2.52 bits per heavy atom. The summed E-state index contributed by atoms with van der Waals surface area (Å²) in [6.07, 6.45) is 1.62. The van der Waals surface area contributed by atoms with Crippen LogP contribution in [0.1, 0.15) is 29.0 Å². The number of carbonyl (C=O) groups excluding carboxylic acids is 1. The minimum Gasteiger partial charge on any atom is -0.344 e. The molecule has 3 aromatic rings. The molecule has 0 spiro atoms. The number of fused-ring (bicyclic) bond motifs is 1. The summed E-state index contributed by atoms with van der Waals surface area (Å²) in [7, 11) is 0. The lowest BCUT2D eigenvalue weighted by Gasteiger charge is -2.14. The standard InChI is InChI=1S/C18H16N2O/c1-13(20-18(21)17-8-4-5-11-19-17)15-10-9-14-6-2-3-7-16(14)12-15/h2-13H,1H3,(H,20,21)/t13-/m0/s1. The Labute approximate surface area is 123 Å². The second kappa shape index (κ2) is 5.75. The van der Waals surface area contributed by atoms with Gasteiger partial charge in [0, 0.05) is 6.20 Å². The fourth-order valence-electron chi connectivity index (χ4n) is 2.33. The van der Waals surface area contributed by atoms with Gasteiger partial charge in [0.1, 0.15) is 5.69 Å². The second-order valence-corrected chi connectivity index (χ2v) is 5.02. The van der Waals surface area contributed by atoms with E-state index in [1.165, 1.54) is 10.8 Å². The zero-order chi connectivity index (χ0) is 14.7. The van der Waals surface area contributed by atoms with E-state index < -0.39 is 0 Å². The molecule has 1 aromatic heterocycles. The van der Waals surface area contributed by atoms with Gasteiger partial charge in [-0.3, -0.25) is 9.78 Å². The fourth-order valence-corrected chi connectivity index (χ4v) is 2.33. The van der Waals surface area contributed by atoms with E-state index in [9.17, 15) is 4.79 Å². The minimum atomic E-state index is -0.156. The van der Waals surface area contributed by atoms with Crippen molar-refractivity contribution < 1.29 is 4.79 Å². The highest BCUT2D eigenvalue weighted by Crippen LogP contribution is 2.20. The van der Waals surface area contributed by atoms with Crippen LogP contribution in [0, 0.1) is 0 Å². The number of nitrogens with zero attached hydrogens (tertiary/aromatic N) is 1. The molecule has 3 heteroatoms. The Hall–Kier alpha value is -2.68. The number of amides is 1. The van der Waals surface area contributed by atoms with Crippen molar-refractivity contribution in [3.05, 3.63) is 78.1 Å². The van der Waals surface area contributed by atoms with Gasteiger partial charge in [0.2, 0.25) is 0 Å². The van der Waals surface area contributed by atoms with Crippen molar-refractivity contribution in [3.8, 4) is 0 Å². The van der Waals surface area contributed by atoms with Crippen molar-refractivity contribution in [1.29, 1.82) is 0 Å². The number of aromatic nitrogens is 1. The zero-order valence-electron chi connectivity index (χ0n) is 11.8. The van der Waals surface area contributed by atoms with Crippen LogP contribution in [0.25, 0.3) is 10.8 Å². The van der Waals surface area contributed by atoms with Crippen LogP contribution in [0.4, 0.5) is 0 Å². The van der Waals surface area contributed by atoms with Crippen LogP contribution in [-0.4, -0.2) is 10.9 Å². The number of hydrogen-bond donors (Lipinski definition) is 1. The zero-order valence-corrected chi connectivity index (χ0v) is 11.8. The quantitative estimate of drug-likeness (QED) is 0.792. The van der Waals surface area contributed by atoms with Gasteiger partial charge in [-0.15, -0.1) is 0 Å². The molecule has 2 aromatic carbocycles. The van der Waals surface area contributed by atoms with E-state index in [0.29, 0.717) is 5.69 Å². The van der Waals surface area contributed by atoms with Gasteiger partial charge < -0.3 is 5.32 Å². The number of hydrogen-bond acceptors (Lipinski definition) is 2. The average molecular weight is 276 g/mol. The van der Waals surface area contributed by atoms with Crippen LogP contribution in [0.5, 0.6) is 0 Å². The maximum Gasteiger partial charge on any atom is 0.270 e. The molecule has 1 amide bonds. The number of pyridine rings is 1. The van der Waals surface area contributed by atoms with Crippen molar-refractivity contribution in [2.45, 2.75) is 13.0 Å². The van der Waals surface area contributed by atoms with Gasteiger partial charge in [-0.2, -0.15) is 0 Å². The predicted molar refractivity (Wildman–Crippen MR) is 84.1 cm³/mol. The highest BCUT2D eigenvalue weighted by molar-refractivity contribution is 5.92. The topological polar surface area (TPSA) is 42.0 Å². The molecule has 1 N–H and O–H groups in total. The van der Waals surface area contributed by atoms with Gasteiger partial charge in [-0.05, 0) is 41.5 Å². The van der Waals surface area contributed by atoms with Gasteiger partial charge in [-0.1, -0.05) is 42.5 Å². The number of benzene rings is 2. The number of nitrogens with one attached hydrogen (secondary N) is 1. The van der Waals surface area contributed by atoms with Crippen molar-refractivity contribution in [1.82, 2.24) is 10.3 Å². The first-order valence-corrected chi connectivity index (χ1v) is 6.94. The molecular weight excluding hydrogens is 260 g/mol. The van der Waals surface area contributed by atoms with Crippen LogP contribution in [0.15, 0.2) is 66.9 Å². The molecule has 1 atom stereocenters. The van der Waals surface area contributed by atoms with E-state index in [2.05, 4.69) is 34.6 Å². The molecule has 0 aliphatic heterocycles. The molecule has 0 aliphatic carbocycles. The van der Waals surface area contributed by atoms with Crippen LogP contribution in [-0.2, 0) is 0 Å². The van der Waals surface area contributed by atoms with Crippen LogP contribution in [0.2, 0.25) is 0 Å². The van der Waals surface area contributed by atoms with Gasteiger partial charge >= 0.3 is 0 Å². The maximum absolute atomic E-state index is 12.1. The van der Waals surface area contributed by atoms with Crippen LogP contribution in [0.3, 0.4) is 0 Å². The Kier molecular flexibility index (Phi) is 3.65. The third kappa shape index (κ3) is 2.92. The highest BCUT2D eigenvalue weighted by Gasteiger charge is 2.12. The summed E-state index contributed by atoms with van der Waals surface area (Å²) in [6, 6.07) is 19.7. The molecule has 0 bridgehead atoms. The highest BCUT2D eigenvalue weighted by atomic mass is 16.1. The smallest absolute Gasteiger partial charge is 0.270 e. The van der Waals surface area contributed by atoms with E-state index in [0.717, 1.165) is 5.56 Å². The molecule has 3 nitrogen and oxygen atoms in total. The van der Waals surface area contributed by atoms with E-state index >= 15 is 0 Å². The predicted octanol–water partition coefficient (Wildman–Crippen LogP) is 3.73. The normalized spacial score (nSPS) is 12.0. The van der Waals surface area contributed by atoms with Crippen molar-refractivity contribution in [3.63, 3.8) is 0 Å². The fraction of sp³-hybridized carbons (Fsp3) is 0.111. The molecule has 3 rings (SSSR count). The molecule has 0 saturated carbocycles. The summed E-state index contributed by atoms with van der Waals surface area (Å²) in [5.41, 5.74) is 1.52. The SMILES string of the molecule is C[C@H](NC(=O)c1ccccn1)c1ccc2ccccc2c1. The molecule has 0 aliphatic rings. The third-order valence-electron chi connectivity index (χ3n) is 3.52. The Morgan fingerprint density at radius 2 is 1.76 bits per heavy atom. The first kappa shape index (κ1) is 13.3. The molecule has 21 heavy (non-hydrogen) atoms. The Balaban J connectivity index is 1.80. The van der Waals surface area contributed by atoms with E-state index in [-0.39, 0.29) is 11.9 Å². The largest absolute Gasteiger partial charge is 0.344 e. The van der Waals surface area contributed by atoms with Crippen molar-refractivity contribution in [2.75, 3.05) is 0 Å². The van der Waals surface area contributed by atoms with E-state index in [1.54, 1.807) is 18.3 Å². The van der Waals surface area contributed by atoms with Crippen LogP contribution < -0.4 is 5.32 Å². The van der Waals surface area contributed by atoms with Gasteiger partial charge in [0.25, 0.3) is 5.91 Å². The lowest BCUT2D eigenvalue weighted by Crippen LogP contribution is -2.27. The first-order chi connectivity index (χ1) is 10.2. The maximum atomic E-state index is 12.1. The number of carbonyl (C=O) groups is 1. The molecular formula is C18H16N2O. The van der Waals surface area contributed by atoms with Gasteiger partial charge in [0.15, 0.2) is 0 Å². The van der Waals surface area contributed by atoms with E-state index in [4.69, 9.17) is 0 Å². The summed E-state index contributed by atoms with van der Waals surface area (Å²) in [4.78, 5) is 16.2. The molecule has 1 heterocycles. The minimum absolute atomic E-state index is 0.0656. The number of rotatable bonds is 3. The monoisotopic (exact) mass is 276 g/mol. The molecule has 104 valence electrons. The summed E-state index contributed by atoms with van der Waals surface area (Å²) >= 11 is 0. The van der Waals surface area contributed by atoms with Gasteiger partial charge in [0.05, 0.1) is 6.04 Å². The third-order valence-corrected chi connectivity index (χ3v) is 3.52. The summed E-state index contributed by atoms with van der Waals surface area (Å²) in [6.45, 7) is 1.98. The molecule has 0 saturated heterocycles. The molecule has 0 radical (unpaired) electrons.